The molecule has 85 heavy (non-hydrogen) atoms. The van der Waals surface area contributed by atoms with Gasteiger partial charge in [-0.3, -0.25) is 37.3 Å². The van der Waals surface area contributed by atoms with Crippen LogP contribution < -0.4 is 0 Å². The predicted octanol–water partition coefficient (Wildman–Crippen LogP) is 17.8. The summed E-state index contributed by atoms with van der Waals surface area (Å²) in [5.41, 5.74) is 0. The molecule has 17 nitrogen and oxygen atoms in total. The number of aliphatic hydroxyl groups is 1. The summed E-state index contributed by atoms with van der Waals surface area (Å²) in [6.07, 6.45) is 41.4. The molecule has 0 fully saturated rings. The summed E-state index contributed by atoms with van der Waals surface area (Å²) in [7, 11) is -9.90. The highest BCUT2D eigenvalue weighted by molar-refractivity contribution is 7.47. The fraction of sp³-hybridized carbons (Fsp3) is 0.879. The van der Waals surface area contributed by atoms with Gasteiger partial charge in [0.05, 0.1) is 26.4 Å². The molecule has 3 N–H and O–H groups in total. The smallest absolute Gasteiger partial charge is 0.462 e. The van der Waals surface area contributed by atoms with Gasteiger partial charge < -0.3 is 33.8 Å². The quantitative estimate of drug-likeness (QED) is 0.0169. The Balaban J connectivity index is 5.26. The number of phosphoric ester groups is 2. The molecule has 0 saturated heterocycles. The SMILES string of the molecule is CCCCCC/C=C\C=C/CCCCCCCC(=O)OC[C@H](COP(=O)(O)OCC(O)COP(=O)(O)OC[C@@H](COC(=O)CCCCCCCCCC(C)C)OC(=O)CCCCCCCCCC(C)C)OC(=O)CCCCCCCCC(C)CC. The van der Waals surface area contributed by atoms with Crippen LogP contribution in [0, 0.1) is 17.8 Å². The van der Waals surface area contributed by atoms with Crippen LogP contribution in [0.1, 0.15) is 299 Å². The number of aliphatic hydroxyl groups excluding tert-OH is 1. The molecule has 0 radical (unpaired) electrons. The minimum atomic E-state index is -4.95. The lowest BCUT2D eigenvalue weighted by molar-refractivity contribution is -0.161. The molecule has 0 bridgehead atoms. The maximum absolute atomic E-state index is 13.0. The molecule has 0 heterocycles. The molecule has 0 saturated carbocycles. The molecule has 6 atom stereocenters. The fourth-order valence-electron chi connectivity index (χ4n) is 9.26. The average Bonchev–Trinajstić information content (AvgIpc) is 3.61. The van der Waals surface area contributed by atoms with E-state index in [9.17, 15) is 43.2 Å². The highest BCUT2D eigenvalue weighted by Gasteiger charge is 2.30. The molecule has 0 aromatic carbocycles. The molecule has 0 aliphatic carbocycles. The zero-order chi connectivity index (χ0) is 63.1. The van der Waals surface area contributed by atoms with Gasteiger partial charge in [0, 0.05) is 25.7 Å². The summed E-state index contributed by atoms with van der Waals surface area (Å²) < 4.78 is 68.0. The number of hydrogen-bond acceptors (Lipinski definition) is 15. The van der Waals surface area contributed by atoms with Gasteiger partial charge in [-0.05, 0) is 69.1 Å². The first-order chi connectivity index (χ1) is 40.8. The highest BCUT2D eigenvalue weighted by atomic mass is 31.2. The Morgan fingerprint density at radius 1 is 0.388 bits per heavy atom. The summed E-state index contributed by atoms with van der Waals surface area (Å²) in [6, 6.07) is 0. The second-order valence-electron chi connectivity index (χ2n) is 24.4. The van der Waals surface area contributed by atoms with E-state index in [0.717, 1.165) is 121 Å². The second kappa shape index (κ2) is 56.8. The van der Waals surface area contributed by atoms with Gasteiger partial charge >= 0.3 is 39.5 Å². The number of allylic oxidation sites excluding steroid dienone is 4. The van der Waals surface area contributed by atoms with Crippen molar-refractivity contribution in [2.24, 2.45) is 17.8 Å². The van der Waals surface area contributed by atoms with Crippen LogP contribution in [0.15, 0.2) is 24.3 Å². The Morgan fingerprint density at radius 3 is 1.05 bits per heavy atom. The van der Waals surface area contributed by atoms with Crippen molar-refractivity contribution in [3.63, 3.8) is 0 Å². The van der Waals surface area contributed by atoms with E-state index in [2.05, 4.69) is 72.8 Å². The summed E-state index contributed by atoms with van der Waals surface area (Å²) >= 11 is 0. The highest BCUT2D eigenvalue weighted by Crippen LogP contribution is 2.45. The largest absolute Gasteiger partial charge is 0.472 e. The van der Waals surface area contributed by atoms with Gasteiger partial charge in [0.25, 0.3) is 0 Å². The van der Waals surface area contributed by atoms with Gasteiger partial charge in [-0.15, -0.1) is 0 Å². The van der Waals surface area contributed by atoms with E-state index in [1.807, 2.05) is 0 Å². The van der Waals surface area contributed by atoms with Gasteiger partial charge in [0.2, 0.25) is 0 Å². The lowest BCUT2D eigenvalue weighted by atomic mass is 10.00. The first-order valence-corrected chi connectivity index (χ1v) is 36.7. The Hall–Kier alpha value is -2.46. The molecule has 19 heteroatoms. The number of esters is 4. The molecule has 0 spiro atoms. The van der Waals surface area contributed by atoms with Crippen molar-refractivity contribution < 1.29 is 80.2 Å². The van der Waals surface area contributed by atoms with Gasteiger partial charge in [-0.2, -0.15) is 0 Å². The van der Waals surface area contributed by atoms with Crippen molar-refractivity contribution in [2.45, 2.75) is 317 Å². The Kier molecular flexibility index (Phi) is 55.1. The van der Waals surface area contributed by atoms with Gasteiger partial charge in [0.1, 0.15) is 19.3 Å². The van der Waals surface area contributed by atoms with Crippen molar-refractivity contribution >= 4 is 39.5 Å². The van der Waals surface area contributed by atoms with Crippen LogP contribution in [-0.2, 0) is 65.4 Å². The molecule has 0 aromatic rings. The molecular formula is C66H124O17P2. The summed E-state index contributed by atoms with van der Waals surface area (Å²) in [5.74, 6) is -0.0552. The first kappa shape index (κ1) is 82.5. The zero-order valence-corrected chi connectivity index (χ0v) is 56.3. The van der Waals surface area contributed by atoms with E-state index in [0.29, 0.717) is 37.5 Å². The normalized spacial score (nSPS) is 14.8. The number of hydrogen-bond donors (Lipinski definition) is 3. The minimum absolute atomic E-state index is 0.0954. The van der Waals surface area contributed by atoms with Gasteiger partial charge in [-0.1, -0.05) is 246 Å². The van der Waals surface area contributed by atoms with Crippen LogP contribution >= 0.6 is 15.6 Å². The maximum Gasteiger partial charge on any atom is 0.472 e. The monoisotopic (exact) mass is 1250 g/mol. The number of carbonyl (C=O) groups excluding carboxylic acids is 4. The van der Waals surface area contributed by atoms with E-state index in [1.54, 1.807) is 0 Å². The van der Waals surface area contributed by atoms with E-state index >= 15 is 0 Å². The Bertz CT molecular complexity index is 1780. The standard InChI is InChI=1S/C66H124O17P2/c1-8-10-11-12-13-14-15-16-17-18-19-20-25-33-40-47-63(68)76-54-62(83-66(71)50-43-36-29-28-32-39-46-59(7)9-2)56-81-85(74,75)79-52-60(67)51-78-84(72,73)80-55-61(82-65(70)49-42-35-27-22-24-31-38-45-58(5)6)53-77-64(69)48-41-34-26-21-23-30-37-44-57(3)4/h14-17,57-62,67H,8-13,18-56H2,1-7H3,(H,72,73)(H,74,75)/b15-14-,17-16-/t59?,60?,61-,62-/m1/s1. The molecule has 4 unspecified atom stereocenters. The van der Waals surface area contributed by atoms with Crippen LogP contribution in [-0.4, -0.2) is 96.7 Å². The Labute approximate surface area is 516 Å². The third-order valence-electron chi connectivity index (χ3n) is 14.9. The molecular weight excluding hydrogens is 1130 g/mol. The van der Waals surface area contributed by atoms with Gasteiger partial charge in [0.15, 0.2) is 12.2 Å². The summed E-state index contributed by atoms with van der Waals surface area (Å²) in [4.78, 5) is 72.2. The number of rotatable bonds is 62. The first-order valence-electron chi connectivity index (χ1n) is 33.7. The van der Waals surface area contributed by atoms with Crippen LogP contribution in [0.4, 0.5) is 0 Å². The number of unbranched alkanes of at least 4 members (excludes halogenated alkanes) is 26. The van der Waals surface area contributed by atoms with E-state index in [-0.39, 0.29) is 25.7 Å². The van der Waals surface area contributed by atoms with E-state index in [4.69, 9.17) is 37.0 Å². The topological polar surface area (TPSA) is 237 Å². The van der Waals surface area contributed by atoms with Crippen molar-refractivity contribution in [3.8, 4) is 0 Å². The lowest BCUT2D eigenvalue weighted by Gasteiger charge is -2.21. The number of phosphoric acid groups is 2. The summed E-state index contributed by atoms with van der Waals surface area (Å²) in [5, 5.41) is 10.5. The van der Waals surface area contributed by atoms with Crippen molar-refractivity contribution in [1.29, 1.82) is 0 Å². The average molecular weight is 1250 g/mol. The predicted molar refractivity (Wildman–Crippen MR) is 340 cm³/mol. The molecule has 500 valence electrons. The van der Waals surface area contributed by atoms with E-state index in [1.165, 1.54) is 83.5 Å². The van der Waals surface area contributed by atoms with Crippen LogP contribution in [0.5, 0.6) is 0 Å². The summed E-state index contributed by atoms with van der Waals surface area (Å²) in [6.45, 7) is 11.6. The molecule has 0 rings (SSSR count). The van der Waals surface area contributed by atoms with Crippen LogP contribution in [0.25, 0.3) is 0 Å². The molecule has 0 aliphatic rings. The molecule has 0 aromatic heterocycles. The van der Waals surface area contributed by atoms with Crippen LogP contribution in [0.3, 0.4) is 0 Å². The second-order valence-corrected chi connectivity index (χ2v) is 27.3. The lowest BCUT2D eigenvalue weighted by Crippen LogP contribution is -2.30. The zero-order valence-electron chi connectivity index (χ0n) is 54.5. The molecule has 0 amide bonds. The minimum Gasteiger partial charge on any atom is -0.462 e. The number of carbonyl (C=O) groups is 4. The maximum atomic E-state index is 13.0. The number of ether oxygens (including phenoxy) is 4. The van der Waals surface area contributed by atoms with Crippen molar-refractivity contribution in [1.82, 2.24) is 0 Å². The third kappa shape index (κ3) is 59.0. The van der Waals surface area contributed by atoms with E-state index < -0.39 is 97.5 Å². The molecule has 0 aliphatic heterocycles. The van der Waals surface area contributed by atoms with Crippen LogP contribution in [0.2, 0.25) is 0 Å². The fourth-order valence-corrected chi connectivity index (χ4v) is 10.8. The van der Waals surface area contributed by atoms with Crippen molar-refractivity contribution in [3.05, 3.63) is 24.3 Å². The van der Waals surface area contributed by atoms with Gasteiger partial charge in [-0.25, -0.2) is 9.13 Å². The third-order valence-corrected chi connectivity index (χ3v) is 16.8. The Morgan fingerprint density at radius 2 is 0.694 bits per heavy atom. The van der Waals surface area contributed by atoms with Crippen molar-refractivity contribution in [2.75, 3.05) is 39.6 Å².